The maximum Gasteiger partial charge on any atom is 0.339 e. The lowest BCUT2D eigenvalue weighted by Crippen LogP contribution is -2.11. The van der Waals surface area contributed by atoms with E-state index in [4.69, 9.17) is 4.18 Å². The summed E-state index contributed by atoms with van der Waals surface area (Å²) in [7, 11) is -4.23. The Labute approximate surface area is 201 Å². The minimum absolute atomic E-state index is 0.00369. The molecule has 0 saturated carbocycles. The molecule has 0 saturated heterocycles. The summed E-state index contributed by atoms with van der Waals surface area (Å²) >= 11 is 0. The van der Waals surface area contributed by atoms with Crippen LogP contribution in [0.5, 0.6) is 5.75 Å². The second-order valence-electron chi connectivity index (χ2n) is 8.50. The molecular formula is C29H20FNO3S. The summed E-state index contributed by atoms with van der Waals surface area (Å²) in [6.07, 6.45) is 0. The molecular weight excluding hydrogens is 461 g/mol. The number of fused-ring (bicyclic) bond motifs is 4. The van der Waals surface area contributed by atoms with Gasteiger partial charge in [0, 0.05) is 16.3 Å². The number of H-pyrrole nitrogens is 1. The molecule has 5 aromatic carbocycles. The van der Waals surface area contributed by atoms with Crippen molar-refractivity contribution in [3.63, 3.8) is 0 Å². The Morgan fingerprint density at radius 2 is 1.43 bits per heavy atom. The van der Waals surface area contributed by atoms with Crippen LogP contribution in [-0.2, 0) is 10.1 Å². The fourth-order valence-corrected chi connectivity index (χ4v) is 5.60. The van der Waals surface area contributed by atoms with E-state index in [-0.39, 0.29) is 16.0 Å². The molecule has 0 bridgehead atoms. The van der Waals surface area contributed by atoms with E-state index in [0.717, 1.165) is 33.0 Å². The van der Waals surface area contributed by atoms with Crippen LogP contribution in [0.3, 0.4) is 0 Å². The van der Waals surface area contributed by atoms with Gasteiger partial charge in [-0.25, -0.2) is 4.39 Å². The number of benzene rings is 5. The molecule has 6 rings (SSSR count). The zero-order valence-corrected chi connectivity index (χ0v) is 19.6. The van der Waals surface area contributed by atoms with E-state index >= 15 is 4.39 Å². The van der Waals surface area contributed by atoms with E-state index in [0.29, 0.717) is 10.9 Å². The largest absolute Gasteiger partial charge is 0.376 e. The van der Waals surface area contributed by atoms with Crippen molar-refractivity contribution in [2.75, 3.05) is 0 Å². The second-order valence-corrected chi connectivity index (χ2v) is 10.0. The van der Waals surface area contributed by atoms with Crippen molar-refractivity contribution >= 4 is 42.7 Å². The molecule has 0 fully saturated rings. The van der Waals surface area contributed by atoms with E-state index < -0.39 is 15.9 Å². The highest BCUT2D eigenvalue weighted by Crippen LogP contribution is 2.47. The molecule has 172 valence electrons. The summed E-state index contributed by atoms with van der Waals surface area (Å²) in [6.45, 7) is 1.87. The zero-order valence-electron chi connectivity index (χ0n) is 18.7. The highest BCUT2D eigenvalue weighted by Gasteiger charge is 2.26. The number of aromatic nitrogens is 1. The first-order valence-electron chi connectivity index (χ1n) is 11.2. The molecule has 6 heteroatoms. The SMILES string of the molecule is Cc1ccc(S(=O)(=O)Oc2c3[nH]c4ccccc4c3c(-c3ccccc3)c3cccc(F)c23)cc1. The molecule has 0 aliphatic rings. The van der Waals surface area contributed by atoms with E-state index in [1.165, 1.54) is 18.2 Å². The summed E-state index contributed by atoms with van der Waals surface area (Å²) in [5.74, 6) is -0.612. The van der Waals surface area contributed by atoms with Gasteiger partial charge in [-0.3, -0.25) is 0 Å². The molecule has 0 spiro atoms. The lowest BCUT2D eigenvalue weighted by atomic mass is 9.92. The zero-order chi connectivity index (χ0) is 24.2. The molecule has 35 heavy (non-hydrogen) atoms. The van der Waals surface area contributed by atoms with Gasteiger partial charge in [-0.15, -0.1) is 0 Å². The fourth-order valence-electron chi connectivity index (χ4n) is 4.65. The lowest BCUT2D eigenvalue weighted by Gasteiger charge is -2.16. The van der Waals surface area contributed by atoms with Crippen LogP contribution in [0, 0.1) is 12.7 Å². The lowest BCUT2D eigenvalue weighted by molar-refractivity contribution is 0.489. The molecule has 0 amide bonds. The molecule has 1 heterocycles. The number of aromatic amines is 1. The predicted molar refractivity (Wildman–Crippen MR) is 138 cm³/mol. The Morgan fingerprint density at radius 1 is 0.743 bits per heavy atom. The number of hydrogen-bond acceptors (Lipinski definition) is 3. The van der Waals surface area contributed by atoms with Gasteiger partial charge in [0.2, 0.25) is 0 Å². The molecule has 0 unspecified atom stereocenters. The van der Waals surface area contributed by atoms with Crippen molar-refractivity contribution in [3.05, 3.63) is 108 Å². The third-order valence-electron chi connectivity index (χ3n) is 6.26. The van der Waals surface area contributed by atoms with Crippen molar-refractivity contribution in [1.29, 1.82) is 0 Å². The van der Waals surface area contributed by atoms with Gasteiger partial charge in [0.05, 0.1) is 10.9 Å². The van der Waals surface area contributed by atoms with Gasteiger partial charge in [0.25, 0.3) is 0 Å². The Hall–Kier alpha value is -4.16. The van der Waals surface area contributed by atoms with E-state index in [2.05, 4.69) is 4.98 Å². The number of rotatable bonds is 4. The normalized spacial score (nSPS) is 11.9. The van der Waals surface area contributed by atoms with Crippen molar-refractivity contribution in [1.82, 2.24) is 4.98 Å². The van der Waals surface area contributed by atoms with Gasteiger partial charge in [-0.2, -0.15) is 8.42 Å². The van der Waals surface area contributed by atoms with Crippen LogP contribution in [0.4, 0.5) is 4.39 Å². The number of hydrogen-bond donors (Lipinski definition) is 1. The highest BCUT2D eigenvalue weighted by atomic mass is 32.2. The number of halogens is 1. The Kier molecular flexibility index (Phi) is 4.86. The van der Waals surface area contributed by atoms with Crippen LogP contribution in [0.2, 0.25) is 0 Å². The summed E-state index contributed by atoms with van der Waals surface area (Å²) in [4.78, 5) is 3.31. The summed E-state index contributed by atoms with van der Waals surface area (Å²) in [5, 5.41) is 2.35. The standard InChI is InChI=1S/C29H20FNO3S/c1-18-14-16-20(17-15-18)35(32,33)34-29-26-22(11-7-12-23(26)30)25(19-8-3-2-4-9-19)27-21-10-5-6-13-24(21)31-28(27)29/h2-17,31H,1H3. The molecule has 6 aromatic rings. The van der Waals surface area contributed by atoms with Crippen molar-refractivity contribution in [2.24, 2.45) is 0 Å². The van der Waals surface area contributed by atoms with Crippen LogP contribution in [-0.4, -0.2) is 13.4 Å². The molecule has 0 atom stereocenters. The van der Waals surface area contributed by atoms with E-state index in [1.807, 2.05) is 61.5 Å². The van der Waals surface area contributed by atoms with Gasteiger partial charge < -0.3 is 9.17 Å². The van der Waals surface area contributed by atoms with Crippen molar-refractivity contribution in [3.8, 4) is 16.9 Å². The van der Waals surface area contributed by atoms with Crippen LogP contribution in [0.1, 0.15) is 5.56 Å². The third-order valence-corrected chi connectivity index (χ3v) is 7.49. The number of aryl methyl sites for hydroxylation is 1. The summed E-state index contributed by atoms with van der Waals surface area (Å²) < 4.78 is 47.9. The Bertz CT molecular complexity index is 1840. The van der Waals surface area contributed by atoms with Gasteiger partial charge in [-0.1, -0.05) is 78.4 Å². The Balaban J connectivity index is 1.76. The van der Waals surface area contributed by atoms with E-state index in [9.17, 15) is 8.42 Å². The first kappa shape index (κ1) is 21.4. The quantitative estimate of drug-likeness (QED) is 0.268. The van der Waals surface area contributed by atoms with Gasteiger partial charge in [0.15, 0.2) is 5.75 Å². The first-order chi connectivity index (χ1) is 16.9. The average molecular weight is 482 g/mol. The van der Waals surface area contributed by atoms with Crippen LogP contribution in [0.25, 0.3) is 43.7 Å². The number of nitrogens with one attached hydrogen (secondary N) is 1. The van der Waals surface area contributed by atoms with Crippen molar-refractivity contribution < 1.29 is 17.0 Å². The topological polar surface area (TPSA) is 59.2 Å². The van der Waals surface area contributed by atoms with Crippen LogP contribution in [0.15, 0.2) is 102 Å². The third kappa shape index (κ3) is 3.45. The monoisotopic (exact) mass is 481 g/mol. The van der Waals surface area contributed by atoms with Crippen molar-refractivity contribution in [2.45, 2.75) is 11.8 Å². The average Bonchev–Trinajstić information content (AvgIpc) is 3.24. The maximum atomic E-state index is 15.5. The molecule has 1 N–H and O–H groups in total. The molecule has 0 radical (unpaired) electrons. The minimum Gasteiger partial charge on any atom is -0.376 e. The maximum absolute atomic E-state index is 15.5. The fraction of sp³-hybridized carbons (Fsp3) is 0.0345. The molecule has 1 aromatic heterocycles. The van der Waals surface area contributed by atoms with Gasteiger partial charge in [-0.05, 0) is 47.7 Å². The summed E-state index contributed by atoms with van der Waals surface area (Å²) in [5.41, 5.74) is 3.86. The van der Waals surface area contributed by atoms with E-state index in [1.54, 1.807) is 24.3 Å². The summed E-state index contributed by atoms with van der Waals surface area (Å²) in [6, 6.07) is 28.5. The molecule has 4 nitrogen and oxygen atoms in total. The second kappa shape index (κ2) is 7.96. The van der Waals surface area contributed by atoms with Crippen LogP contribution >= 0.6 is 0 Å². The first-order valence-corrected chi connectivity index (χ1v) is 12.6. The smallest absolute Gasteiger partial charge is 0.339 e. The minimum atomic E-state index is -4.23. The predicted octanol–water partition coefficient (Wildman–Crippen LogP) is 7.36. The van der Waals surface area contributed by atoms with Gasteiger partial charge in [0.1, 0.15) is 10.7 Å². The molecule has 0 aliphatic heterocycles. The Morgan fingerprint density at radius 3 is 2.20 bits per heavy atom. The molecule has 0 aliphatic carbocycles. The van der Waals surface area contributed by atoms with Gasteiger partial charge >= 0.3 is 10.1 Å². The van der Waals surface area contributed by atoms with Crippen LogP contribution < -0.4 is 4.18 Å². The highest BCUT2D eigenvalue weighted by molar-refractivity contribution is 7.87. The number of para-hydroxylation sites is 1.